The standard InChI is InChI=1S/C15H24O3/c1-9(2)15(18)6-5-14(4)12(17)8-10(3)7-11(16)13(14)15/h8-9,11,13,16,18H,5-7H2,1-4H3/t11-,13+,14+,15+/m0/s1. The number of carbonyl (C=O) groups excluding carboxylic acids is 1. The first-order chi connectivity index (χ1) is 8.21. The highest BCUT2D eigenvalue weighted by molar-refractivity contribution is 5.96. The van der Waals surface area contributed by atoms with Gasteiger partial charge in [0.2, 0.25) is 0 Å². The summed E-state index contributed by atoms with van der Waals surface area (Å²) in [6.07, 6.45) is 2.77. The SMILES string of the molecule is CC1=CC(=O)[C@@]2(C)CC[C@@](O)(C(C)C)[C@@H]2[C@@H](O)C1. The minimum Gasteiger partial charge on any atom is -0.392 e. The summed E-state index contributed by atoms with van der Waals surface area (Å²) in [5.74, 6) is -0.241. The molecule has 0 radical (unpaired) electrons. The van der Waals surface area contributed by atoms with Gasteiger partial charge in [0.15, 0.2) is 5.78 Å². The van der Waals surface area contributed by atoms with Crippen LogP contribution in [0.3, 0.4) is 0 Å². The van der Waals surface area contributed by atoms with Gasteiger partial charge in [-0.1, -0.05) is 26.3 Å². The lowest BCUT2D eigenvalue weighted by Crippen LogP contribution is -2.50. The van der Waals surface area contributed by atoms with E-state index in [1.54, 1.807) is 6.08 Å². The topological polar surface area (TPSA) is 57.5 Å². The molecule has 102 valence electrons. The van der Waals surface area contributed by atoms with Crippen LogP contribution in [0.15, 0.2) is 11.6 Å². The van der Waals surface area contributed by atoms with Crippen LogP contribution >= 0.6 is 0 Å². The Hall–Kier alpha value is -0.670. The van der Waals surface area contributed by atoms with E-state index < -0.39 is 17.1 Å². The molecule has 3 nitrogen and oxygen atoms in total. The average molecular weight is 252 g/mol. The Morgan fingerprint density at radius 1 is 1.39 bits per heavy atom. The minimum atomic E-state index is -0.928. The van der Waals surface area contributed by atoms with Crippen molar-refractivity contribution in [3.8, 4) is 0 Å². The Morgan fingerprint density at radius 2 is 2.00 bits per heavy atom. The number of allylic oxidation sites excluding steroid dienone is 1. The van der Waals surface area contributed by atoms with Crippen molar-refractivity contribution >= 4 is 5.78 Å². The molecule has 0 aromatic rings. The summed E-state index contributed by atoms with van der Waals surface area (Å²) < 4.78 is 0. The van der Waals surface area contributed by atoms with E-state index in [1.165, 1.54) is 0 Å². The quantitative estimate of drug-likeness (QED) is 0.751. The predicted molar refractivity (Wildman–Crippen MR) is 70.0 cm³/mol. The monoisotopic (exact) mass is 252 g/mol. The average Bonchev–Trinajstić information content (AvgIpc) is 2.48. The fourth-order valence-corrected chi connectivity index (χ4v) is 3.90. The van der Waals surface area contributed by atoms with Crippen LogP contribution in [-0.4, -0.2) is 27.7 Å². The molecule has 0 heterocycles. The maximum Gasteiger partial charge on any atom is 0.161 e. The number of fused-ring (bicyclic) bond motifs is 1. The van der Waals surface area contributed by atoms with Crippen LogP contribution in [0, 0.1) is 17.3 Å². The van der Waals surface area contributed by atoms with Crippen LogP contribution in [0.2, 0.25) is 0 Å². The van der Waals surface area contributed by atoms with E-state index in [9.17, 15) is 15.0 Å². The summed E-state index contributed by atoms with van der Waals surface area (Å²) in [6.45, 7) is 7.71. The van der Waals surface area contributed by atoms with E-state index in [4.69, 9.17) is 0 Å². The minimum absolute atomic E-state index is 0.0465. The van der Waals surface area contributed by atoms with Gasteiger partial charge in [-0.05, 0) is 38.2 Å². The molecule has 4 atom stereocenters. The highest BCUT2D eigenvalue weighted by Crippen LogP contribution is 2.56. The maximum atomic E-state index is 12.4. The molecule has 2 aliphatic rings. The molecule has 0 bridgehead atoms. The van der Waals surface area contributed by atoms with Gasteiger partial charge in [0.25, 0.3) is 0 Å². The Kier molecular flexibility index (Phi) is 3.19. The van der Waals surface area contributed by atoms with Crippen LogP contribution in [0.4, 0.5) is 0 Å². The van der Waals surface area contributed by atoms with E-state index in [2.05, 4.69) is 0 Å². The van der Waals surface area contributed by atoms with Crippen LogP contribution < -0.4 is 0 Å². The largest absolute Gasteiger partial charge is 0.392 e. The number of ketones is 1. The predicted octanol–water partition coefficient (Wildman–Crippen LogP) is 2.07. The summed E-state index contributed by atoms with van der Waals surface area (Å²) in [7, 11) is 0. The molecule has 2 rings (SSSR count). The zero-order valence-electron chi connectivity index (χ0n) is 11.7. The molecule has 0 spiro atoms. The fourth-order valence-electron chi connectivity index (χ4n) is 3.90. The van der Waals surface area contributed by atoms with Crippen molar-refractivity contribution in [2.45, 2.75) is 58.7 Å². The Morgan fingerprint density at radius 3 is 2.56 bits per heavy atom. The van der Waals surface area contributed by atoms with E-state index in [0.29, 0.717) is 19.3 Å². The third-order valence-corrected chi connectivity index (χ3v) is 5.13. The van der Waals surface area contributed by atoms with Crippen molar-refractivity contribution in [3.05, 3.63) is 11.6 Å². The summed E-state index contributed by atoms with van der Waals surface area (Å²) in [6, 6.07) is 0. The zero-order chi connectivity index (χ0) is 13.7. The lowest BCUT2D eigenvalue weighted by Gasteiger charge is -2.41. The van der Waals surface area contributed by atoms with Crippen molar-refractivity contribution in [1.82, 2.24) is 0 Å². The first kappa shape index (κ1) is 13.8. The number of hydrogen-bond acceptors (Lipinski definition) is 3. The first-order valence-corrected chi connectivity index (χ1v) is 6.84. The van der Waals surface area contributed by atoms with Gasteiger partial charge in [-0.3, -0.25) is 4.79 Å². The zero-order valence-corrected chi connectivity index (χ0v) is 11.7. The molecule has 0 saturated heterocycles. The molecule has 2 N–H and O–H groups in total. The molecule has 3 heteroatoms. The highest BCUT2D eigenvalue weighted by atomic mass is 16.3. The van der Waals surface area contributed by atoms with E-state index in [0.717, 1.165) is 5.57 Å². The van der Waals surface area contributed by atoms with Crippen LogP contribution in [-0.2, 0) is 4.79 Å². The van der Waals surface area contributed by atoms with Gasteiger partial charge >= 0.3 is 0 Å². The molecule has 0 unspecified atom stereocenters. The van der Waals surface area contributed by atoms with E-state index >= 15 is 0 Å². The normalized spacial score (nSPS) is 44.8. The van der Waals surface area contributed by atoms with Gasteiger partial charge in [0.05, 0.1) is 11.7 Å². The van der Waals surface area contributed by atoms with Gasteiger partial charge in [0.1, 0.15) is 0 Å². The molecule has 1 fully saturated rings. The molecule has 0 aromatic heterocycles. The lowest BCUT2D eigenvalue weighted by molar-refractivity contribution is -0.139. The number of carbonyl (C=O) groups is 1. The van der Waals surface area contributed by atoms with Gasteiger partial charge in [-0.25, -0.2) is 0 Å². The third kappa shape index (κ3) is 1.76. The molecule has 0 amide bonds. The van der Waals surface area contributed by atoms with Gasteiger partial charge in [0, 0.05) is 11.3 Å². The second-order valence-electron chi connectivity index (χ2n) is 6.67. The van der Waals surface area contributed by atoms with Crippen LogP contribution in [0.5, 0.6) is 0 Å². The molecule has 18 heavy (non-hydrogen) atoms. The Bertz CT molecular complexity index is 399. The van der Waals surface area contributed by atoms with Crippen molar-refractivity contribution < 1.29 is 15.0 Å². The molecular weight excluding hydrogens is 228 g/mol. The van der Waals surface area contributed by atoms with Crippen molar-refractivity contribution in [2.24, 2.45) is 17.3 Å². The number of aliphatic hydroxyl groups excluding tert-OH is 1. The van der Waals surface area contributed by atoms with Crippen molar-refractivity contribution in [3.63, 3.8) is 0 Å². The fraction of sp³-hybridized carbons (Fsp3) is 0.800. The van der Waals surface area contributed by atoms with Crippen molar-refractivity contribution in [1.29, 1.82) is 0 Å². The molecular formula is C15H24O3. The summed E-state index contributed by atoms with van der Waals surface area (Å²) in [5, 5.41) is 21.3. The third-order valence-electron chi connectivity index (χ3n) is 5.13. The molecule has 0 aromatic carbocycles. The highest BCUT2D eigenvalue weighted by Gasteiger charge is 2.60. The van der Waals surface area contributed by atoms with Gasteiger partial charge in [-0.2, -0.15) is 0 Å². The molecule has 2 aliphatic carbocycles. The Labute approximate surface area is 109 Å². The number of hydrogen-bond donors (Lipinski definition) is 2. The molecule has 0 aliphatic heterocycles. The van der Waals surface area contributed by atoms with Crippen molar-refractivity contribution in [2.75, 3.05) is 0 Å². The summed E-state index contributed by atoms with van der Waals surface area (Å²) >= 11 is 0. The second-order valence-corrected chi connectivity index (χ2v) is 6.67. The van der Waals surface area contributed by atoms with Crippen LogP contribution in [0.25, 0.3) is 0 Å². The number of aliphatic hydroxyl groups is 2. The summed E-state index contributed by atoms with van der Waals surface area (Å²) in [4.78, 5) is 12.4. The van der Waals surface area contributed by atoms with E-state index in [-0.39, 0.29) is 17.6 Å². The summed E-state index contributed by atoms with van der Waals surface area (Å²) in [5.41, 5.74) is -0.632. The maximum absolute atomic E-state index is 12.4. The Balaban J connectivity index is 2.49. The van der Waals surface area contributed by atoms with Gasteiger partial charge in [-0.15, -0.1) is 0 Å². The van der Waals surface area contributed by atoms with E-state index in [1.807, 2.05) is 27.7 Å². The van der Waals surface area contributed by atoms with Gasteiger partial charge < -0.3 is 10.2 Å². The lowest BCUT2D eigenvalue weighted by atomic mass is 9.67. The first-order valence-electron chi connectivity index (χ1n) is 6.84. The smallest absolute Gasteiger partial charge is 0.161 e. The molecule has 1 saturated carbocycles. The second kappa shape index (κ2) is 4.17. The van der Waals surface area contributed by atoms with Crippen LogP contribution in [0.1, 0.15) is 47.0 Å². The number of rotatable bonds is 1.